The minimum atomic E-state index is -2.05. The number of methoxy groups -OCH3 is 1. The molecule has 1 saturated carbocycles. The Morgan fingerprint density at radius 1 is 1.25 bits per heavy atom. The quantitative estimate of drug-likeness (QED) is 0.250. The van der Waals surface area contributed by atoms with Crippen LogP contribution >= 0.6 is 0 Å². The smallest absolute Gasteiger partial charge is 0.309 e. The van der Waals surface area contributed by atoms with Gasteiger partial charge in [0, 0.05) is 25.0 Å². The SMILES string of the molecule is CO[C@]1(C2=CO[C@@H](OC(=O)CC(C)C)[C@H]3[C@@H]2C[C@@H](O)[C@@]3(C)O)O[C@H](CO)[C@@H](O)[C@H](O)[C@H]1O. The Hall–Kier alpha value is -1.31. The van der Waals surface area contributed by atoms with E-state index in [1.165, 1.54) is 14.0 Å². The third kappa shape index (κ3) is 4.05. The molecule has 11 heteroatoms. The van der Waals surface area contributed by atoms with Crippen LogP contribution in [0.4, 0.5) is 0 Å². The van der Waals surface area contributed by atoms with Gasteiger partial charge in [0.2, 0.25) is 12.1 Å². The highest BCUT2D eigenvalue weighted by molar-refractivity contribution is 5.69. The average Bonchev–Trinajstić information content (AvgIpc) is 2.96. The van der Waals surface area contributed by atoms with Crippen molar-refractivity contribution in [2.75, 3.05) is 13.7 Å². The number of aliphatic hydroxyl groups is 6. The number of carbonyl (C=O) groups is 1. The fourth-order valence-corrected chi connectivity index (χ4v) is 4.97. The Morgan fingerprint density at radius 3 is 2.47 bits per heavy atom. The summed E-state index contributed by atoms with van der Waals surface area (Å²) in [4.78, 5) is 12.3. The second-order valence-electron chi connectivity index (χ2n) is 9.41. The third-order valence-electron chi connectivity index (χ3n) is 6.76. The van der Waals surface area contributed by atoms with Gasteiger partial charge in [0.25, 0.3) is 0 Å². The summed E-state index contributed by atoms with van der Waals surface area (Å²) in [5.41, 5.74) is -1.59. The molecule has 2 aliphatic heterocycles. The maximum atomic E-state index is 12.3. The Kier molecular flexibility index (Phi) is 7.24. The van der Waals surface area contributed by atoms with Crippen LogP contribution in [0.5, 0.6) is 0 Å². The van der Waals surface area contributed by atoms with Gasteiger partial charge in [-0.2, -0.15) is 0 Å². The lowest BCUT2D eigenvalue weighted by Gasteiger charge is -2.51. The third-order valence-corrected chi connectivity index (χ3v) is 6.76. The number of hydrogen-bond acceptors (Lipinski definition) is 11. The van der Waals surface area contributed by atoms with E-state index < -0.39 is 72.6 Å². The van der Waals surface area contributed by atoms with E-state index >= 15 is 0 Å². The maximum Gasteiger partial charge on any atom is 0.309 e. The van der Waals surface area contributed by atoms with E-state index in [1.54, 1.807) is 0 Å². The first-order valence-electron chi connectivity index (χ1n) is 10.7. The van der Waals surface area contributed by atoms with Crippen molar-refractivity contribution in [2.45, 2.75) is 81.8 Å². The molecule has 10 atom stereocenters. The van der Waals surface area contributed by atoms with E-state index in [0.29, 0.717) is 0 Å². The molecule has 0 spiro atoms. The van der Waals surface area contributed by atoms with Crippen LogP contribution in [0, 0.1) is 17.8 Å². The molecule has 3 aliphatic rings. The largest absolute Gasteiger partial charge is 0.462 e. The zero-order valence-corrected chi connectivity index (χ0v) is 18.6. The summed E-state index contributed by atoms with van der Waals surface area (Å²) in [6.45, 7) is 4.42. The molecule has 184 valence electrons. The Bertz CT molecular complexity index is 721. The highest BCUT2D eigenvalue weighted by atomic mass is 16.7. The molecule has 32 heavy (non-hydrogen) atoms. The fraction of sp³-hybridized carbons (Fsp3) is 0.857. The minimum Gasteiger partial charge on any atom is -0.462 e. The number of carbonyl (C=O) groups excluding carboxylic acids is 1. The predicted octanol–water partition coefficient (Wildman–Crippen LogP) is -1.62. The topological polar surface area (TPSA) is 175 Å². The van der Waals surface area contributed by atoms with E-state index in [0.717, 1.165) is 6.26 Å². The van der Waals surface area contributed by atoms with Crippen molar-refractivity contribution >= 4 is 5.97 Å². The molecule has 0 amide bonds. The highest BCUT2D eigenvalue weighted by Crippen LogP contribution is 2.54. The zero-order valence-electron chi connectivity index (χ0n) is 18.6. The lowest BCUT2D eigenvalue weighted by atomic mass is 9.75. The van der Waals surface area contributed by atoms with Crippen molar-refractivity contribution in [2.24, 2.45) is 17.8 Å². The molecule has 0 radical (unpaired) electrons. The summed E-state index contributed by atoms with van der Waals surface area (Å²) >= 11 is 0. The molecule has 1 aliphatic carbocycles. The van der Waals surface area contributed by atoms with Crippen molar-refractivity contribution in [3.8, 4) is 0 Å². The molecule has 0 aromatic rings. The van der Waals surface area contributed by atoms with Crippen molar-refractivity contribution in [1.29, 1.82) is 0 Å². The van der Waals surface area contributed by atoms with E-state index in [2.05, 4.69) is 0 Å². The van der Waals surface area contributed by atoms with Gasteiger partial charge in [0.05, 0.1) is 30.5 Å². The normalized spacial score (nSPS) is 46.4. The van der Waals surface area contributed by atoms with E-state index in [1.807, 2.05) is 13.8 Å². The lowest BCUT2D eigenvalue weighted by Crippen LogP contribution is -2.67. The summed E-state index contributed by atoms with van der Waals surface area (Å²) in [5.74, 6) is -4.25. The summed E-state index contributed by atoms with van der Waals surface area (Å²) < 4.78 is 22.3. The number of hydrogen-bond donors (Lipinski definition) is 6. The van der Waals surface area contributed by atoms with Gasteiger partial charge in [0.1, 0.15) is 24.4 Å². The molecule has 6 N–H and O–H groups in total. The van der Waals surface area contributed by atoms with Crippen molar-refractivity contribution < 1.29 is 54.4 Å². The van der Waals surface area contributed by atoms with Gasteiger partial charge in [-0.1, -0.05) is 13.8 Å². The summed E-state index contributed by atoms with van der Waals surface area (Å²) in [6, 6.07) is 0. The number of aliphatic hydroxyl groups excluding tert-OH is 5. The van der Waals surface area contributed by atoms with Crippen molar-refractivity contribution in [3.63, 3.8) is 0 Å². The molecular formula is C21H34O11. The molecule has 11 nitrogen and oxygen atoms in total. The summed E-state index contributed by atoms with van der Waals surface area (Å²) in [6.07, 6.45) is -7.55. The minimum absolute atomic E-state index is 0.00524. The van der Waals surface area contributed by atoms with Crippen LogP contribution in [-0.2, 0) is 23.7 Å². The van der Waals surface area contributed by atoms with Crippen LogP contribution in [-0.4, -0.2) is 98.5 Å². The first kappa shape index (κ1) is 25.3. The molecule has 3 rings (SSSR count). The van der Waals surface area contributed by atoms with E-state index in [4.69, 9.17) is 18.9 Å². The molecule has 0 bridgehead atoms. The number of esters is 1. The average molecular weight is 462 g/mol. The first-order chi connectivity index (χ1) is 14.9. The Balaban J connectivity index is 2.01. The monoisotopic (exact) mass is 462 g/mol. The number of fused-ring (bicyclic) bond motifs is 1. The van der Waals surface area contributed by atoms with Gasteiger partial charge in [-0.25, -0.2) is 0 Å². The van der Waals surface area contributed by atoms with Gasteiger partial charge in [-0.3, -0.25) is 4.79 Å². The van der Waals surface area contributed by atoms with Gasteiger partial charge in [0.15, 0.2) is 0 Å². The second kappa shape index (κ2) is 9.15. The lowest BCUT2D eigenvalue weighted by molar-refractivity contribution is -0.346. The van der Waals surface area contributed by atoms with Crippen molar-refractivity contribution in [3.05, 3.63) is 11.8 Å². The predicted molar refractivity (Wildman–Crippen MR) is 106 cm³/mol. The zero-order chi connectivity index (χ0) is 24.0. The second-order valence-corrected chi connectivity index (χ2v) is 9.41. The van der Waals surface area contributed by atoms with E-state index in [9.17, 15) is 35.4 Å². The van der Waals surface area contributed by atoms with Crippen LogP contribution in [0.2, 0.25) is 0 Å². The van der Waals surface area contributed by atoms with E-state index in [-0.39, 0.29) is 24.3 Å². The number of rotatable bonds is 6. The number of ether oxygens (including phenoxy) is 4. The standard InChI is InChI=1S/C21H34O11/c1-9(2)5-14(24)31-19-15-10(6-13(23)20(15,3)28)11(8-30-19)21(29-4)18(27)17(26)16(25)12(7-22)32-21/h8-10,12-13,15-19,22-23,25-28H,5-7H2,1-4H3/t10-,12-,13-,15-,16-,17+,18-,19+,20-,21-/m1/s1. The Labute approximate surface area is 186 Å². The molecule has 0 aromatic heterocycles. The maximum absolute atomic E-state index is 12.3. The van der Waals surface area contributed by atoms with Crippen LogP contribution in [0.15, 0.2) is 11.8 Å². The van der Waals surface area contributed by atoms with Gasteiger partial charge < -0.3 is 49.6 Å². The van der Waals surface area contributed by atoms with Gasteiger partial charge >= 0.3 is 5.97 Å². The van der Waals surface area contributed by atoms with Crippen LogP contribution in [0.3, 0.4) is 0 Å². The molecule has 1 saturated heterocycles. The van der Waals surface area contributed by atoms with Gasteiger partial charge in [-0.05, 0) is 19.3 Å². The van der Waals surface area contributed by atoms with Crippen LogP contribution in [0.25, 0.3) is 0 Å². The van der Waals surface area contributed by atoms with Crippen LogP contribution in [0.1, 0.15) is 33.6 Å². The molecule has 2 heterocycles. The molecular weight excluding hydrogens is 428 g/mol. The molecule has 0 aromatic carbocycles. The van der Waals surface area contributed by atoms with Crippen molar-refractivity contribution in [1.82, 2.24) is 0 Å². The Morgan fingerprint density at radius 2 is 1.91 bits per heavy atom. The summed E-state index contributed by atoms with van der Waals surface area (Å²) in [7, 11) is 1.20. The fourth-order valence-electron chi connectivity index (χ4n) is 4.97. The highest BCUT2D eigenvalue weighted by Gasteiger charge is 2.65. The summed E-state index contributed by atoms with van der Waals surface area (Å²) in [5, 5.41) is 62.5. The molecule has 2 fully saturated rings. The van der Waals surface area contributed by atoms with Crippen LogP contribution < -0.4 is 0 Å². The molecule has 0 unspecified atom stereocenters. The van der Waals surface area contributed by atoms with Gasteiger partial charge in [-0.15, -0.1) is 0 Å². The first-order valence-corrected chi connectivity index (χ1v) is 10.7.